The van der Waals surface area contributed by atoms with E-state index in [1.807, 2.05) is 0 Å². The van der Waals surface area contributed by atoms with E-state index in [4.69, 9.17) is 0 Å². The number of aromatic nitrogens is 3. The van der Waals surface area contributed by atoms with Crippen LogP contribution in [0.25, 0.3) is 5.69 Å². The standard InChI is InChI=1S/C18H16FN5O3S/c19-15-4-2-1-3-14(15)10-28-8-7-21-18(25)13-5-6-16(17(9-13)24(26)27)23-12-20-11-22-23/h1-6,9,11-12H,7-8,10H2,(H,21,25). The largest absolute Gasteiger partial charge is 0.351 e. The first-order chi connectivity index (χ1) is 13.6. The summed E-state index contributed by atoms with van der Waals surface area (Å²) in [6, 6.07) is 10.7. The molecule has 3 rings (SSSR count). The van der Waals surface area contributed by atoms with Crippen LogP contribution in [0.4, 0.5) is 10.1 Å². The van der Waals surface area contributed by atoms with E-state index in [-0.39, 0.29) is 22.8 Å². The van der Waals surface area contributed by atoms with Crippen LogP contribution < -0.4 is 5.32 Å². The molecule has 3 aromatic rings. The molecule has 0 unspecified atom stereocenters. The van der Waals surface area contributed by atoms with Gasteiger partial charge in [0.2, 0.25) is 0 Å². The maximum atomic E-state index is 13.5. The molecule has 144 valence electrons. The number of hydrogen-bond donors (Lipinski definition) is 1. The molecule has 28 heavy (non-hydrogen) atoms. The van der Waals surface area contributed by atoms with Gasteiger partial charge in [0.1, 0.15) is 24.2 Å². The number of halogens is 1. The van der Waals surface area contributed by atoms with Gasteiger partial charge >= 0.3 is 0 Å². The number of benzene rings is 2. The number of carbonyl (C=O) groups is 1. The quantitative estimate of drug-likeness (QED) is 0.354. The lowest BCUT2D eigenvalue weighted by molar-refractivity contribution is -0.384. The Morgan fingerprint density at radius 2 is 2.11 bits per heavy atom. The van der Waals surface area contributed by atoms with Gasteiger partial charge in [-0.15, -0.1) is 0 Å². The number of nitro benzene ring substituents is 1. The van der Waals surface area contributed by atoms with E-state index in [9.17, 15) is 19.3 Å². The van der Waals surface area contributed by atoms with Crippen molar-refractivity contribution in [1.29, 1.82) is 0 Å². The van der Waals surface area contributed by atoms with Gasteiger partial charge in [0.25, 0.3) is 11.6 Å². The lowest BCUT2D eigenvalue weighted by atomic mass is 10.1. The second-order valence-corrected chi connectivity index (χ2v) is 6.81. The Hall–Kier alpha value is -3.27. The van der Waals surface area contributed by atoms with Crippen LogP contribution in [0.3, 0.4) is 0 Å². The Bertz CT molecular complexity index is 981. The van der Waals surface area contributed by atoms with Crippen LogP contribution in [-0.2, 0) is 5.75 Å². The highest BCUT2D eigenvalue weighted by atomic mass is 32.2. The highest BCUT2D eigenvalue weighted by molar-refractivity contribution is 7.98. The molecule has 0 atom stereocenters. The first kappa shape index (κ1) is 19.5. The molecule has 8 nitrogen and oxygen atoms in total. The molecule has 1 heterocycles. The van der Waals surface area contributed by atoms with E-state index in [2.05, 4.69) is 15.4 Å². The lowest BCUT2D eigenvalue weighted by Gasteiger charge is -2.08. The van der Waals surface area contributed by atoms with Crippen molar-refractivity contribution in [3.63, 3.8) is 0 Å². The molecule has 0 aliphatic rings. The fourth-order valence-electron chi connectivity index (χ4n) is 2.47. The third-order valence-electron chi connectivity index (χ3n) is 3.85. The molecule has 0 saturated heterocycles. The lowest BCUT2D eigenvalue weighted by Crippen LogP contribution is -2.26. The Kier molecular flexibility index (Phi) is 6.33. The molecule has 0 saturated carbocycles. The first-order valence-electron chi connectivity index (χ1n) is 8.29. The third-order valence-corrected chi connectivity index (χ3v) is 4.86. The van der Waals surface area contributed by atoms with Crippen molar-refractivity contribution in [2.45, 2.75) is 5.75 Å². The number of carbonyl (C=O) groups excluding carboxylic acids is 1. The highest BCUT2D eigenvalue weighted by Gasteiger charge is 2.19. The number of nitrogens with one attached hydrogen (secondary N) is 1. The minimum Gasteiger partial charge on any atom is -0.351 e. The van der Waals surface area contributed by atoms with Crippen molar-refractivity contribution in [3.05, 3.63) is 82.2 Å². The second-order valence-electron chi connectivity index (χ2n) is 5.70. The highest BCUT2D eigenvalue weighted by Crippen LogP contribution is 2.23. The van der Waals surface area contributed by atoms with Gasteiger partial charge in [-0.1, -0.05) is 18.2 Å². The predicted molar refractivity (Wildman–Crippen MR) is 103 cm³/mol. The van der Waals surface area contributed by atoms with Gasteiger partial charge in [-0.05, 0) is 23.8 Å². The van der Waals surface area contributed by atoms with Crippen LogP contribution in [-0.4, -0.2) is 37.9 Å². The van der Waals surface area contributed by atoms with Crippen LogP contribution in [0.5, 0.6) is 0 Å². The van der Waals surface area contributed by atoms with Gasteiger partial charge in [0, 0.05) is 29.7 Å². The topological polar surface area (TPSA) is 103 Å². The monoisotopic (exact) mass is 401 g/mol. The Morgan fingerprint density at radius 3 is 2.82 bits per heavy atom. The first-order valence-corrected chi connectivity index (χ1v) is 9.44. The average molecular weight is 401 g/mol. The summed E-state index contributed by atoms with van der Waals surface area (Å²) >= 11 is 1.48. The van der Waals surface area contributed by atoms with E-state index in [0.717, 1.165) is 0 Å². The molecule has 0 bridgehead atoms. The molecular weight excluding hydrogens is 385 g/mol. The van der Waals surface area contributed by atoms with Gasteiger partial charge in [-0.2, -0.15) is 16.9 Å². The SMILES string of the molecule is O=C(NCCSCc1ccccc1F)c1ccc(-n2cncn2)c([N+](=O)[O-])c1. The van der Waals surface area contributed by atoms with Crippen molar-refractivity contribution in [2.75, 3.05) is 12.3 Å². The van der Waals surface area contributed by atoms with Gasteiger partial charge < -0.3 is 5.32 Å². The zero-order valence-corrected chi connectivity index (χ0v) is 15.4. The fraction of sp³-hybridized carbons (Fsp3) is 0.167. The summed E-state index contributed by atoms with van der Waals surface area (Å²) in [5, 5.41) is 17.9. The third kappa shape index (κ3) is 4.71. The number of nitrogens with zero attached hydrogens (tertiary/aromatic N) is 4. The summed E-state index contributed by atoms with van der Waals surface area (Å²) in [6.07, 6.45) is 2.61. The molecule has 1 N–H and O–H groups in total. The Balaban J connectivity index is 1.56. The summed E-state index contributed by atoms with van der Waals surface area (Å²) in [7, 11) is 0. The molecule has 2 aromatic carbocycles. The molecule has 1 aromatic heterocycles. The molecule has 1 amide bonds. The summed E-state index contributed by atoms with van der Waals surface area (Å²) in [4.78, 5) is 26.8. The number of hydrogen-bond acceptors (Lipinski definition) is 6. The van der Waals surface area contributed by atoms with Crippen molar-refractivity contribution in [3.8, 4) is 5.69 Å². The number of nitro groups is 1. The van der Waals surface area contributed by atoms with Crippen LogP contribution in [0.1, 0.15) is 15.9 Å². The minimum atomic E-state index is -0.571. The van der Waals surface area contributed by atoms with Gasteiger partial charge in [0.15, 0.2) is 0 Å². The average Bonchev–Trinajstić information content (AvgIpc) is 3.23. The molecular formula is C18H16FN5O3S. The molecule has 0 aliphatic heterocycles. The Morgan fingerprint density at radius 1 is 1.29 bits per heavy atom. The molecule has 10 heteroatoms. The molecule has 0 radical (unpaired) electrons. The van der Waals surface area contributed by atoms with Gasteiger partial charge in [0.05, 0.1) is 4.92 Å². The number of amides is 1. The van der Waals surface area contributed by atoms with Crippen molar-refractivity contribution < 1.29 is 14.1 Å². The summed E-state index contributed by atoms with van der Waals surface area (Å²) in [6.45, 7) is 0.358. The maximum Gasteiger partial charge on any atom is 0.295 e. The number of thioether (sulfide) groups is 1. The fourth-order valence-corrected chi connectivity index (χ4v) is 3.32. The van der Waals surface area contributed by atoms with Crippen LogP contribution in [0.15, 0.2) is 55.1 Å². The van der Waals surface area contributed by atoms with E-state index in [1.165, 1.54) is 53.4 Å². The zero-order valence-electron chi connectivity index (χ0n) is 14.6. The van der Waals surface area contributed by atoms with Crippen molar-refractivity contribution in [1.82, 2.24) is 20.1 Å². The van der Waals surface area contributed by atoms with Crippen LogP contribution >= 0.6 is 11.8 Å². The van der Waals surface area contributed by atoms with Gasteiger partial charge in [-0.25, -0.2) is 14.1 Å². The summed E-state index contributed by atoms with van der Waals surface area (Å²) in [5.41, 5.74) is 0.763. The van der Waals surface area contributed by atoms with E-state index >= 15 is 0 Å². The van der Waals surface area contributed by atoms with Crippen LogP contribution in [0.2, 0.25) is 0 Å². The van der Waals surface area contributed by atoms with Crippen molar-refractivity contribution >= 4 is 23.4 Å². The van der Waals surface area contributed by atoms with Gasteiger partial charge in [-0.3, -0.25) is 14.9 Å². The van der Waals surface area contributed by atoms with E-state index < -0.39 is 10.8 Å². The molecule has 0 spiro atoms. The molecule has 0 aliphatic carbocycles. The van der Waals surface area contributed by atoms with Crippen molar-refractivity contribution in [2.24, 2.45) is 0 Å². The maximum absolute atomic E-state index is 13.5. The minimum absolute atomic E-state index is 0.176. The smallest absolute Gasteiger partial charge is 0.295 e. The van der Waals surface area contributed by atoms with E-state index in [1.54, 1.807) is 18.2 Å². The van der Waals surface area contributed by atoms with E-state index in [0.29, 0.717) is 23.6 Å². The Labute approximate surface area is 163 Å². The summed E-state index contributed by atoms with van der Waals surface area (Å²) < 4.78 is 14.8. The van der Waals surface area contributed by atoms with Crippen LogP contribution in [0, 0.1) is 15.9 Å². The zero-order chi connectivity index (χ0) is 19.9. The number of rotatable bonds is 8. The second kappa shape index (κ2) is 9.09. The molecule has 0 fully saturated rings. The normalized spacial score (nSPS) is 10.6. The summed E-state index contributed by atoms with van der Waals surface area (Å²) in [5.74, 6) is 0.415. The predicted octanol–water partition coefficient (Wildman–Crippen LogP) is 2.98.